The maximum absolute atomic E-state index is 12.5. The number of hydrogen-bond acceptors (Lipinski definition) is 7. The zero-order valence-corrected chi connectivity index (χ0v) is 21.1. The first-order valence-electron chi connectivity index (χ1n) is 12.4. The van der Waals surface area contributed by atoms with Crippen LogP contribution in [-0.2, 0) is 14.8 Å². The van der Waals surface area contributed by atoms with Gasteiger partial charge in [0.2, 0.25) is 10.0 Å². The molecular weight excluding hydrogens is 484 g/mol. The van der Waals surface area contributed by atoms with Crippen molar-refractivity contribution < 1.29 is 28.7 Å². The molecule has 0 aliphatic heterocycles. The highest BCUT2D eigenvalue weighted by Gasteiger charge is 2.26. The number of nitrogens with one attached hydrogen (secondary N) is 1. The third kappa shape index (κ3) is 6.06. The van der Waals surface area contributed by atoms with Gasteiger partial charge < -0.3 is 10.2 Å². The molecule has 11 nitrogen and oxygen atoms in total. The second-order valence-electron chi connectivity index (χ2n) is 9.13. The Bertz CT molecular complexity index is 1300. The lowest BCUT2D eigenvalue weighted by atomic mass is 9.93. The van der Waals surface area contributed by atoms with Gasteiger partial charge in [0, 0.05) is 18.3 Å². The van der Waals surface area contributed by atoms with E-state index in [4.69, 9.17) is 15.2 Å². The van der Waals surface area contributed by atoms with Crippen LogP contribution in [0.25, 0.3) is 22.3 Å². The number of aliphatic carboxylic acids is 1. The molecule has 1 aromatic carbocycles. The fourth-order valence-corrected chi connectivity index (χ4v) is 5.44. The van der Waals surface area contributed by atoms with E-state index in [1.807, 2.05) is 10.00 Å². The molecule has 1 saturated carbocycles. The van der Waals surface area contributed by atoms with E-state index in [9.17, 15) is 18.3 Å². The van der Waals surface area contributed by atoms with Crippen molar-refractivity contribution in [1.82, 2.24) is 24.5 Å². The summed E-state index contributed by atoms with van der Waals surface area (Å²) in [4.78, 5) is 20.1. The molecule has 36 heavy (non-hydrogen) atoms. The Balaban J connectivity index is 1.66. The maximum Gasteiger partial charge on any atom is 0.327 e. The molecular formula is C24H33N6O5S+. The maximum atomic E-state index is 12.5. The second kappa shape index (κ2) is 11.4. The number of aliphatic hydroxyl groups excluding tert-OH is 1. The summed E-state index contributed by atoms with van der Waals surface area (Å²) in [5.41, 5.74) is 2.13. The number of nitrogens with zero attached hydrogens (tertiary/aromatic N) is 4. The number of hydrogen-bond donors (Lipinski definition) is 4. The number of aliphatic hydroxyl groups is 1. The highest BCUT2D eigenvalue weighted by Crippen LogP contribution is 2.34. The molecule has 0 spiro atoms. The molecule has 1 aliphatic rings. The van der Waals surface area contributed by atoms with E-state index < -0.39 is 16.0 Å². The fraction of sp³-hybridized carbons (Fsp3) is 0.500. The van der Waals surface area contributed by atoms with E-state index in [1.165, 1.54) is 12.1 Å². The molecule has 0 saturated heterocycles. The van der Waals surface area contributed by atoms with Crippen LogP contribution in [0.4, 0.5) is 5.95 Å². The summed E-state index contributed by atoms with van der Waals surface area (Å²) in [6.45, 7) is 2.86. The molecule has 12 heteroatoms. The summed E-state index contributed by atoms with van der Waals surface area (Å²) >= 11 is 0. The molecule has 2 aromatic heterocycles. The van der Waals surface area contributed by atoms with Crippen LogP contribution in [-0.4, -0.2) is 63.5 Å². The van der Waals surface area contributed by atoms with Crippen LogP contribution < -0.4 is 10.0 Å². The number of rotatable bonds is 11. The van der Waals surface area contributed by atoms with Crippen molar-refractivity contribution in [2.45, 2.75) is 68.9 Å². The van der Waals surface area contributed by atoms with Crippen molar-refractivity contribution in [2.24, 2.45) is 0 Å². The van der Waals surface area contributed by atoms with Crippen LogP contribution in [0.2, 0.25) is 0 Å². The van der Waals surface area contributed by atoms with Gasteiger partial charge in [-0.15, -0.1) is 0 Å². The number of carboxylic acids is 1. The fourth-order valence-electron chi connectivity index (χ4n) is 4.41. The van der Waals surface area contributed by atoms with Crippen molar-refractivity contribution in [3.05, 3.63) is 30.5 Å². The Morgan fingerprint density at radius 2 is 1.92 bits per heavy atom. The molecule has 1 fully saturated rings. The van der Waals surface area contributed by atoms with Crippen molar-refractivity contribution in [3.8, 4) is 11.3 Å². The molecule has 0 amide bonds. The lowest BCUT2D eigenvalue weighted by molar-refractivity contribution is -0.579. The first-order chi connectivity index (χ1) is 17.3. The van der Waals surface area contributed by atoms with Crippen molar-refractivity contribution in [1.29, 1.82) is 0 Å². The van der Waals surface area contributed by atoms with Crippen molar-refractivity contribution in [3.63, 3.8) is 0 Å². The molecule has 2 heterocycles. The van der Waals surface area contributed by atoms with E-state index in [0.717, 1.165) is 48.8 Å². The zero-order chi connectivity index (χ0) is 25.7. The Morgan fingerprint density at radius 1 is 1.19 bits per heavy atom. The number of benzene rings is 1. The smallest absolute Gasteiger partial charge is 0.327 e. The predicted octanol–water partition coefficient (Wildman–Crippen LogP) is 1.72. The molecule has 3 aromatic rings. The summed E-state index contributed by atoms with van der Waals surface area (Å²) in [6, 6.07) is 6.44. The van der Waals surface area contributed by atoms with Crippen molar-refractivity contribution >= 4 is 33.0 Å². The minimum absolute atomic E-state index is 0.0469. The Labute approximate surface area is 210 Å². The van der Waals surface area contributed by atoms with Gasteiger partial charge in [0.05, 0.1) is 35.4 Å². The molecule has 4 rings (SSSR count). The molecule has 0 bridgehead atoms. The van der Waals surface area contributed by atoms with Crippen LogP contribution in [0.15, 0.2) is 35.4 Å². The monoisotopic (exact) mass is 517 g/mol. The van der Waals surface area contributed by atoms with Gasteiger partial charge >= 0.3 is 11.9 Å². The van der Waals surface area contributed by atoms with E-state index >= 15 is 0 Å². The topological polar surface area (TPSA) is 164 Å². The lowest BCUT2D eigenvalue weighted by Crippen LogP contribution is -2.79. The largest absolute Gasteiger partial charge is 0.481 e. The van der Waals surface area contributed by atoms with E-state index in [1.54, 1.807) is 18.3 Å². The molecule has 194 valence electrons. The summed E-state index contributed by atoms with van der Waals surface area (Å²) in [6.07, 6.45) is 6.37. The molecule has 0 unspecified atom stereocenters. The van der Waals surface area contributed by atoms with Crippen LogP contribution in [0.1, 0.15) is 57.9 Å². The Morgan fingerprint density at radius 3 is 2.58 bits per heavy atom. The van der Waals surface area contributed by atoms with Gasteiger partial charge in [-0.25, -0.2) is 17.8 Å². The van der Waals surface area contributed by atoms with Gasteiger partial charge in [0.15, 0.2) is 5.65 Å². The number of sulfonamides is 1. The van der Waals surface area contributed by atoms with Crippen LogP contribution in [0.5, 0.6) is 0 Å². The predicted molar refractivity (Wildman–Crippen MR) is 133 cm³/mol. The second-order valence-corrected chi connectivity index (χ2v) is 10.9. The van der Waals surface area contributed by atoms with Crippen LogP contribution >= 0.6 is 0 Å². The number of carboxylic acid groups (broad SMARTS) is 1. The zero-order valence-electron chi connectivity index (χ0n) is 20.3. The summed E-state index contributed by atoms with van der Waals surface area (Å²) in [7, 11) is -3.82. The van der Waals surface area contributed by atoms with Gasteiger partial charge in [-0.1, -0.05) is 25.5 Å². The molecule has 1 aliphatic carbocycles. The number of nitrogens with two attached hydrogens (primary N) is 1. The summed E-state index contributed by atoms with van der Waals surface area (Å²) in [5.74, 6) is -0.412. The number of aromatic nitrogens is 4. The molecule has 5 N–H and O–H groups in total. The van der Waals surface area contributed by atoms with Crippen molar-refractivity contribution in [2.75, 3.05) is 13.1 Å². The Kier molecular flexibility index (Phi) is 8.29. The minimum Gasteiger partial charge on any atom is -0.481 e. The van der Waals surface area contributed by atoms with Gasteiger partial charge in [0.1, 0.15) is 5.69 Å². The van der Waals surface area contributed by atoms with E-state index in [2.05, 4.69) is 16.6 Å². The quantitative estimate of drug-likeness (QED) is 0.279. The molecule has 0 radical (unpaired) electrons. The number of fused-ring (bicyclic) bond motifs is 1. The normalized spacial score (nSPS) is 18.5. The average Bonchev–Trinajstić information content (AvgIpc) is 3.23. The number of unbranched alkanes of at least 4 members (excludes halogenated alkanes) is 1. The third-order valence-electron chi connectivity index (χ3n) is 6.43. The number of quaternary nitrogens is 1. The lowest BCUT2D eigenvalue weighted by Gasteiger charge is -2.25. The number of carbonyl (C=O) groups is 1. The van der Waals surface area contributed by atoms with Gasteiger partial charge in [-0.2, -0.15) is 15.1 Å². The van der Waals surface area contributed by atoms with Gasteiger partial charge in [-0.3, -0.25) is 10.1 Å². The highest BCUT2D eigenvalue weighted by atomic mass is 32.2. The molecule has 0 atom stereocenters. The van der Waals surface area contributed by atoms with Crippen LogP contribution in [0.3, 0.4) is 0 Å². The minimum atomic E-state index is -3.82. The van der Waals surface area contributed by atoms with Crippen LogP contribution in [0, 0.1) is 0 Å². The Hall–Kier alpha value is -2.93. The standard InChI is InChI=1S/C24H32N6O5S/c1-2-3-13-25-24-26-15-20-22(29-30(23(20)28-24)17-6-8-18(31)9-7-17)16-4-10-19(11-5-16)36(34,35)27-14-12-21(32)33/h4-5,10-11,15,17-18,27,31H,2-3,6-9,12-14H2,1H3,(H,32,33)(H,25,26,28)/p+1. The first-order valence-corrected chi connectivity index (χ1v) is 13.8. The average molecular weight is 518 g/mol. The van der Waals surface area contributed by atoms with Gasteiger partial charge in [0.25, 0.3) is 0 Å². The highest BCUT2D eigenvalue weighted by molar-refractivity contribution is 7.89. The first kappa shape index (κ1) is 26.1. The summed E-state index contributed by atoms with van der Waals surface area (Å²) < 4.78 is 29.2. The third-order valence-corrected chi connectivity index (χ3v) is 7.91. The summed E-state index contributed by atoms with van der Waals surface area (Å²) in [5, 5.41) is 26.4. The SMILES string of the molecule is CCCC[NH2+]c1ncc2c(-c3ccc(S(=O)(=O)NCCC(=O)O)cc3)nn(C3CCC(O)CC3)c2n1. The van der Waals surface area contributed by atoms with Gasteiger partial charge in [-0.05, 0) is 44.2 Å². The van der Waals surface area contributed by atoms with E-state index in [-0.39, 0.29) is 30.0 Å². The van der Waals surface area contributed by atoms with E-state index in [0.29, 0.717) is 24.5 Å².